The zero-order valence-electron chi connectivity index (χ0n) is 15.0. The SMILES string of the molecule is CS(=O)(=O)c1ccc(C(=O)Nc2cc(F)cc(N3CCCC3)c2)cc1[N+](=O)[O-]. The molecule has 1 amide bonds. The largest absolute Gasteiger partial charge is 0.371 e. The summed E-state index contributed by atoms with van der Waals surface area (Å²) in [6.07, 6.45) is 2.87. The molecule has 0 radical (unpaired) electrons. The average molecular weight is 407 g/mol. The van der Waals surface area contributed by atoms with Gasteiger partial charge in [-0.15, -0.1) is 0 Å². The molecule has 0 unspecified atom stereocenters. The van der Waals surface area contributed by atoms with Gasteiger partial charge in [0, 0.05) is 42.3 Å². The van der Waals surface area contributed by atoms with Gasteiger partial charge < -0.3 is 10.2 Å². The van der Waals surface area contributed by atoms with E-state index in [9.17, 15) is 27.7 Å². The van der Waals surface area contributed by atoms with E-state index in [1.54, 1.807) is 6.07 Å². The molecular weight excluding hydrogens is 389 g/mol. The van der Waals surface area contributed by atoms with E-state index in [1.807, 2.05) is 4.90 Å². The van der Waals surface area contributed by atoms with Crippen molar-refractivity contribution in [3.8, 4) is 0 Å². The summed E-state index contributed by atoms with van der Waals surface area (Å²) in [5.41, 5.74) is 0.0613. The third-order valence-corrected chi connectivity index (χ3v) is 5.57. The summed E-state index contributed by atoms with van der Waals surface area (Å²) in [6.45, 7) is 1.60. The Morgan fingerprint density at radius 2 is 1.86 bits per heavy atom. The first kappa shape index (κ1) is 19.7. The monoisotopic (exact) mass is 407 g/mol. The van der Waals surface area contributed by atoms with E-state index in [1.165, 1.54) is 12.1 Å². The predicted octanol–water partition coefficient (Wildman–Crippen LogP) is 2.99. The summed E-state index contributed by atoms with van der Waals surface area (Å²) >= 11 is 0. The first-order valence-corrected chi connectivity index (χ1v) is 10.4. The highest BCUT2D eigenvalue weighted by molar-refractivity contribution is 7.90. The molecule has 2 aromatic carbocycles. The van der Waals surface area contributed by atoms with E-state index in [-0.39, 0.29) is 11.3 Å². The van der Waals surface area contributed by atoms with Crippen LogP contribution in [0.25, 0.3) is 0 Å². The number of carbonyl (C=O) groups is 1. The van der Waals surface area contributed by atoms with Gasteiger partial charge in [-0.2, -0.15) is 0 Å². The number of carbonyl (C=O) groups excluding carboxylic acids is 1. The molecule has 1 N–H and O–H groups in total. The maximum atomic E-state index is 14.0. The third-order valence-electron chi connectivity index (χ3n) is 4.43. The van der Waals surface area contributed by atoms with Crippen LogP contribution >= 0.6 is 0 Å². The number of benzene rings is 2. The van der Waals surface area contributed by atoms with Crippen LogP contribution in [0.2, 0.25) is 0 Å². The molecule has 1 aliphatic heterocycles. The van der Waals surface area contributed by atoms with Gasteiger partial charge in [0.05, 0.1) is 4.92 Å². The zero-order valence-corrected chi connectivity index (χ0v) is 15.8. The van der Waals surface area contributed by atoms with Crippen LogP contribution < -0.4 is 10.2 Å². The number of nitro groups is 1. The lowest BCUT2D eigenvalue weighted by atomic mass is 10.1. The van der Waals surface area contributed by atoms with Crippen LogP contribution in [0.1, 0.15) is 23.2 Å². The Hall–Kier alpha value is -3.01. The standard InChI is InChI=1S/C18H18FN3O5S/c1-28(26,27)17-5-4-12(8-16(17)22(24)25)18(23)20-14-9-13(19)10-15(11-14)21-6-2-3-7-21/h4-5,8-11H,2-3,6-7H2,1H3,(H,20,23). The Balaban J connectivity index is 1.89. The molecule has 0 aliphatic carbocycles. The Morgan fingerprint density at radius 3 is 2.46 bits per heavy atom. The van der Waals surface area contributed by atoms with Gasteiger partial charge in [0.25, 0.3) is 11.6 Å². The summed E-state index contributed by atoms with van der Waals surface area (Å²) in [4.78, 5) is 24.3. The summed E-state index contributed by atoms with van der Waals surface area (Å²) in [6, 6.07) is 7.25. The third kappa shape index (κ3) is 4.28. The minimum atomic E-state index is -3.83. The second kappa shape index (κ2) is 7.55. The average Bonchev–Trinajstić information content (AvgIpc) is 3.14. The fourth-order valence-electron chi connectivity index (χ4n) is 3.12. The topological polar surface area (TPSA) is 110 Å². The van der Waals surface area contributed by atoms with Crippen LogP contribution in [0.3, 0.4) is 0 Å². The van der Waals surface area contributed by atoms with Crippen LogP contribution in [0.15, 0.2) is 41.3 Å². The minimum Gasteiger partial charge on any atom is -0.371 e. The van der Waals surface area contributed by atoms with Gasteiger partial charge in [0.2, 0.25) is 0 Å². The molecule has 0 spiro atoms. The summed E-state index contributed by atoms with van der Waals surface area (Å²) < 4.78 is 37.3. The number of hydrogen-bond donors (Lipinski definition) is 1. The molecule has 0 atom stereocenters. The van der Waals surface area contributed by atoms with E-state index in [2.05, 4.69) is 5.32 Å². The van der Waals surface area contributed by atoms with Crippen LogP contribution in [-0.4, -0.2) is 38.6 Å². The highest BCUT2D eigenvalue weighted by atomic mass is 32.2. The Kier molecular flexibility index (Phi) is 5.32. The van der Waals surface area contributed by atoms with Gasteiger partial charge in [0.1, 0.15) is 10.7 Å². The second-order valence-corrected chi connectivity index (χ2v) is 8.54. The van der Waals surface area contributed by atoms with Gasteiger partial charge in [0.15, 0.2) is 9.84 Å². The van der Waals surface area contributed by atoms with Crippen molar-refractivity contribution in [3.05, 3.63) is 57.9 Å². The molecule has 8 nitrogen and oxygen atoms in total. The summed E-state index contributed by atoms with van der Waals surface area (Å²) in [5.74, 6) is -1.22. The first-order valence-electron chi connectivity index (χ1n) is 8.50. The highest BCUT2D eigenvalue weighted by Crippen LogP contribution is 2.27. The van der Waals surface area contributed by atoms with Crippen molar-refractivity contribution in [2.75, 3.05) is 29.6 Å². The summed E-state index contributed by atoms with van der Waals surface area (Å²) in [7, 11) is -3.83. The molecule has 1 aliphatic rings. The van der Waals surface area contributed by atoms with Gasteiger partial charge >= 0.3 is 0 Å². The molecule has 10 heteroatoms. The molecule has 0 aromatic heterocycles. The number of nitrogens with zero attached hydrogens (tertiary/aromatic N) is 2. The normalized spacial score (nSPS) is 14.1. The maximum absolute atomic E-state index is 14.0. The highest BCUT2D eigenvalue weighted by Gasteiger charge is 2.24. The molecule has 0 saturated carbocycles. The van der Waals surface area contributed by atoms with Gasteiger partial charge in [-0.05, 0) is 43.2 Å². The van der Waals surface area contributed by atoms with E-state index in [0.29, 0.717) is 5.69 Å². The van der Waals surface area contributed by atoms with Crippen molar-refractivity contribution >= 4 is 32.8 Å². The van der Waals surface area contributed by atoms with Crippen molar-refractivity contribution in [2.24, 2.45) is 0 Å². The van der Waals surface area contributed by atoms with Gasteiger partial charge in [-0.25, -0.2) is 12.8 Å². The van der Waals surface area contributed by atoms with Crippen molar-refractivity contribution in [3.63, 3.8) is 0 Å². The summed E-state index contributed by atoms with van der Waals surface area (Å²) in [5, 5.41) is 13.7. The van der Waals surface area contributed by atoms with Crippen molar-refractivity contribution in [2.45, 2.75) is 17.7 Å². The Morgan fingerprint density at radius 1 is 1.18 bits per heavy atom. The van der Waals surface area contributed by atoms with Crippen LogP contribution in [-0.2, 0) is 9.84 Å². The van der Waals surface area contributed by atoms with E-state index in [0.717, 1.165) is 50.4 Å². The molecule has 1 fully saturated rings. The van der Waals surface area contributed by atoms with E-state index < -0.39 is 37.1 Å². The number of sulfone groups is 1. The number of rotatable bonds is 5. The number of halogens is 1. The van der Waals surface area contributed by atoms with Crippen LogP contribution in [0, 0.1) is 15.9 Å². The number of nitro benzene ring substituents is 1. The van der Waals surface area contributed by atoms with Gasteiger partial charge in [-0.3, -0.25) is 14.9 Å². The number of hydrogen-bond acceptors (Lipinski definition) is 6. The van der Waals surface area contributed by atoms with Gasteiger partial charge in [-0.1, -0.05) is 0 Å². The lowest BCUT2D eigenvalue weighted by Crippen LogP contribution is -2.18. The first-order chi connectivity index (χ1) is 13.1. The molecular formula is C18H18FN3O5S. The fourth-order valence-corrected chi connectivity index (χ4v) is 3.95. The van der Waals surface area contributed by atoms with E-state index >= 15 is 0 Å². The van der Waals surface area contributed by atoms with Crippen LogP contribution in [0.5, 0.6) is 0 Å². The molecule has 1 saturated heterocycles. The molecule has 28 heavy (non-hydrogen) atoms. The molecule has 0 bridgehead atoms. The molecule has 3 rings (SSSR count). The number of nitrogens with one attached hydrogen (secondary N) is 1. The lowest BCUT2D eigenvalue weighted by molar-refractivity contribution is -0.387. The number of amides is 1. The zero-order chi connectivity index (χ0) is 20.5. The fraction of sp³-hybridized carbons (Fsp3) is 0.278. The molecule has 148 valence electrons. The Bertz CT molecular complexity index is 1050. The van der Waals surface area contributed by atoms with Crippen molar-refractivity contribution in [1.82, 2.24) is 0 Å². The van der Waals surface area contributed by atoms with Crippen molar-refractivity contribution in [1.29, 1.82) is 0 Å². The quantitative estimate of drug-likeness (QED) is 0.603. The second-order valence-electron chi connectivity index (χ2n) is 6.56. The maximum Gasteiger partial charge on any atom is 0.288 e. The molecule has 2 aromatic rings. The predicted molar refractivity (Wildman–Crippen MR) is 102 cm³/mol. The molecule has 1 heterocycles. The van der Waals surface area contributed by atoms with E-state index in [4.69, 9.17) is 0 Å². The van der Waals surface area contributed by atoms with Crippen molar-refractivity contribution < 1.29 is 22.5 Å². The van der Waals surface area contributed by atoms with Crippen LogP contribution in [0.4, 0.5) is 21.5 Å². The smallest absolute Gasteiger partial charge is 0.288 e. The Labute approximate surface area is 161 Å². The number of anilines is 2. The lowest BCUT2D eigenvalue weighted by Gasteiger charge is -2.19. The minimum absolute atomic E-state index is 0.105.